The Hall–Kier alpha value is -1.27. The van der Waals surface area contributed by atoms with Crippen LogP contribution in [0.25, 0.3) is 0 Å². The molecule has 1 N–H and O–H groups in total. The van der Waals surface area contributed by atoms with Gasteiger partial charge in [0.05, 0.1) is 5.02 Å². The summed E-state index contributed by atoms with van der Waals surface area (Å²) in [6.07, 6.45) is 4.87. The van der Waals surface area contributed by atoms with E-state index in [1.54, 1.807) is 6.07 Å². The summed E-state index contributed by atoms with van der Waals surface area (Å²) in [5.74, 6) is 1.59. The van der Waals surface area contributed by atoms with Crippen molar-refractivity contribution in [2.75, 3.05) is 5.32 Å². The van der Waals surface area contributed by atoms with E-state index in [1.807, 2.05) is 12.1 Å². The molecule has 0 spiro atoms. The predicted octanol–water partition coefficient (Wildman–Crippen LogP) is 3.60. The highest BCUT2D eigenvalue weighted by Crippen LogP contribution is 2.26. The lowest BCUT2D eigenvalue weighted by molar-refractivity contribution is 0.361. The van der Waals surface area contributed by atoms with E-state index in [0.717, 1.165) is 11.7 Å². The first-order valence-corrected chi connectivity index (χ1v) is 6.40. The van der Waals surface area contributed by atoms with Crippen LogP contribution in [0.1, 0.15) is 38.3 Å². The minimum Gasteiger partial charge on any atom is -0.367 e. The number of aromatic nitrogens is 1. The van der Waals surface area contributed by atoms with E-state index in [1.165, 1.54) is 25.7 Å². The second-order valence-electron chi connectivity index (χ2n) is 4.74. The molecule has 0 saturated heterocycles. The van der Waals surface area contributed by atoms with Crippen LogP contribution in [0.4, 0.5) is 5.82 Å². The summed E-state index contributed by atoms with van der Waals surface area (Å²) in [5, 5.41) is 12.7. The van der Waals surface area contributed by atoms with Crippen molar-refractivity contribution in [3.63, 3.8) is 0 Å². The van der Waals surface area contributed by atoms with E-state index in [9.17, 15) is 0 Å². The van der Waals surface area contributed by atoms with Crippen LogP contribution in [-0.2, 0) is 0 Å². The van der Waals surface area contributed by atoms with Gasteiger partial charge in [0.25, 0.3) is 0 Å². The van der Waals surface area contributed by atoms with E-state index in [-0.39, 0.29) is 0 Å². The molecule has 3 nitrogen and oxygen atoms in total. The van der Waals surface area contributed by atoms with Gasteiger partial charge in [-0.15, -0.1) is 0 Å². The van der Waals surface area contributed by atoms with Gasteiger partial charge in [0.15, 0.2) is 5.69 Å². The van der Waals surface area contributed by atoms with Crippen LogP contribution in [-0.4, -0.2) is 11.0 Å². The number of hydrogen-bond acceptors (Lipinski definition) is 3. The zero-order chi connectivity index (χ0) is 12.3. The fourth-order valence-electron chi connectivity index (χ4n) is 2.21. The molecule has 1 saturated carbocycles. The maximum atomic E-state index is 8.86. The van der Waals surface area contributed by atoms with Gasteiger partial charge >= 0.3 is 0 Å². The average Bonchev–Trinajstić information content (AvgIpc) is 2.34. The molecule has 90 valence electrons. The number of nitrogens with zero attached hydrogens (tertiary/aromatic N) is 2. The van der Waals surface area contributed by atoms with E-state index < -0.39 is 0 Å². The quantitative estimate of drug-likeness (QED) is 0.871. The molecule has 4 heteroatoms. The summed E-state index contributed by atoms with van der Waals surface area (Å²) >= 11 is 5.85. The maximum Gasteiger partial charge on any atom is 0.161 e. The summed E-state index contributed by atoms with van der Waals surface area (Å²) in [6, 6.07) is 6.03. The van der Waals surface area contributed by atoms with Gasteiger partial charge in [-0.3, -0.25) is 0 Å². The largest absolute Gasteiger partial charge is 0.367 e. The van der Waals surface area contributed by atoms with Gasteiger partial charge in [-0.2, -0.15) is 5.26 Å². The summed E-state index contributed by atoms with van der Waals surface area (Å²) in [4.78, 5) is 4.20. The Morgan fingerprint density at radius 2 is 2.06 bits per heavy atom. The minimum absolute atomic E-state index is 0.292. The zero-order valence-electron chi connectivity index (χ0n) is 9.91. The molecule has 0 unspecified atom stereocenters. The normalized spacial score (nSPS) is 24.1. The first-order chi connectivity index (χ1) is 8.19. The Kier molecular flexibility index (Phi) is 3.86. The highest BCUT2D eigenvalue weighted by atomic mass is 35.5. The Morgan fingerprint density at radius 1 is 1.35 bits per heavy atom. The second kappa shape index (κ2) is 5.37. The monoisotopic (exact) mass is 249 g/mol. The molecule has 0 atom stereocenters. The van der Waals surface area contributed by atoms with Crippen LogP contribution >= 0.6 is 11.6 Å². The first kappa shape index (κ1) is 12.2. The predicted molar refractivity (Wildman–Crippen MR) is 69.0 cm³/mol. The Bertz CT molecular complexity index is 431. The SMILES string of the molecule is CC1CCC(Nc2ccc(Cl)c(C#N)n2)CC1. The summed E-state index contributed by atoms with van der Waals surface area (Å²) in [6.45, 7) is 2.30. The molecule has 1 heterocycles. The van der Waals surface area contributed by atoms with Crippen LogP contribution in [0.15, 0.2) is 12.1 Å². The number of halogens is 1. The molecule has 1 aromatic heterocycles. The number of rotatable bonds is 2. The van der Waals surface area contributed by atoms with Crippen molar-refractivity contribution in [1.82, 2.24) is 4.98 Å². The van der Waals surface area contributed by atoms with Crippen molar-refractivity contribution in [2.45, 2.75) is 38.6 Å². The number of pyridine rings is 1. The average molecular weight is 250 g/mol. The number of nitrogens with one attached hydrogen (secondary N) is 1. The van der Waals surface area contributed by atoms with Crippen molar-refractivity contribution >= 4 is 17.4 Å². The third-order valence-electron chi connectivity index (χ3n) is 3.32. The van der Waals surface area contributed by atoms with Crippen molar-refractivity contribution < 1.29 is 0 Å². The van der Waals surface area contributed by atoms with E-state index in [0.29, 0.717) is 16.8 Å². The summed E-state index contributed by atoms with van der Waals surface area (Å²) in [5.41, 5.74) is 0.292. The highest BCUT2D eigenvalue weighted by Gasteiger charge is 2.18. The molecule has 1 aliphatic rings. The Morgan fingerprint density at radius 3 is 2.71 bits per heavy atom. The second-order valence-corrected chi connectivity index (χ2v) is 5.15. The molecule has 1 fully saturated rings. The van der Waals surface area contributed by atoms with Crippen molar-refractivity contribution in [3.05, 3.63) is 22.8 Å². The van der Waals surface area contributed by atoms with E-state index in [4.69, 9.17) is 16.9 Å². The number of anilines is 1. The fraction of sp³-hybridized carbons (Fsp3) is 0.538. The standard InChI is InChI=1S/C13H16ClN3/c1-9-2-4-10(5-3-9)16-13-7-6-11(14)12(8-15)17-13/h6-7,9-10H,2-5H2,1H3,(H,16,17). The number of nitriles is 1. The smallest absolute Gasteiger partial charge is 0.161 e. The third kappa shape index (κ3) is 3.10. The summed E-state index contributed by atoms with van der Waals surface area (Å²) < 4.78 is 0. The Labute approximate surface area is 107 Å². The van der Waals surface area contributed by atoms with Gasteiger partial charge in [-0.1, -0.05) is 18.5 Å². The van der Waals surface area contributed by atoms with Crippen LogP contribution in [0, 0.1) is 17.2 Å². The van der Waals surface area contributed by atoms with Crippen LogP contribution in [0.5, 0.6) is 0 Å². The van der Waals surface area contributed by atoms with Crippen LogP contribution in [0.3, 0.4) is 0 Å². The lowest BCUT2D eigenvalue weighted by Gasteiger charge is -2.27. The lowest BCUT2D eigenvalue weighted by atomic mass is 9.87. The van der Waals surface area contributed by atoms with Crippen LogP contribution in [0.2, 0.25) is 5.02 Å². The zero-order valence-corrected chi connectivity index (χ0v) is 10.7. The Balaban J connectivity index is 2.02. The van der Waals surface area contributed by atoms with Gasteiger partial charge in [0.2, 0.25) is 0 Å². The van der Waals surface area contributed by atoms with Gasteiger partial charge < -0.3 is 5.32 Å². The molecule has 0 amide bonds. The number of hydrogen-bond donors (Lipinski definition) is 1. The minimum atomic E-state index is 0.292. The third-order valence-corrected chi connectivity index (χ3v) is 3.62. The van der Waals surface area contributed by atoms with Gasteiger partial charge in [0, 0.05) is 6.04 Å². The van der Waals surface area contributed by atoms with Gasteiger partial charge in [0.1, 0.15) is 11.9 Å². The molecular formula is C13H16ClN3. The topological polar surface area (TPSA) is 48.7 Å². The van der Waals surface area contributed by atoms with Crippen molar-refractivity contribution in [1.29, 1.82) is 5.26 Å². The van der Waals surface area contributed by atoms with Crippen molar-refractivity contribution in [3.8, 4) is 6.07 Å². The van der Waals surface area contributed by atoms with Gasteiger partial charge in [-0.25, -0.2) is 4.98 Å². The van der Waals surface area contributed by atoms with Gasteiger partial charge in [-0.05, 0) is 43.7 Å². The lowest BCUT2D eigenvalue weighted by Crippen LogP contribution is -2.25. The van der Waals surface area contributed by atoms with E-state index >= 15 is 0 Å². The molecule has 1 aromatic rings. The summed E-state index contributed by atoms with van der Waals surface area (Å²) in [7, 11) is 0. The highest BCUT2D eigenvalue weighted by molar-refractivity contribution is 6.31. The first-order valence-electron chi connectivity index (χ1n) is 6.02. The molecule has 2 rings (SSSR count). The molecule has 0 bridgehead atoms. The molecular weight excluding hydrogens is 234 g/mol. The molecule has 0 aliphatic heterocycles. The molecule has 1 aliphatic carbocycles. The van der Waals surface area contributed by atoms with Crippen molar-refractivity contribution in [2.24, 2.45) is 5.92 Å². The molecule has 0 radical (unpaired) electrons. The van der Waals surface area contributed by atoms with E-state index in [2.05, 4.69) is 17.2 Å². The molecule has 17 heavy (non-hydrogen) atoms. The fourth-order valence-corrected chi connectivity index (χ4v) is 2.36. The van der Waals surface area contributed by atoms with Crippen LogP contribution < -0.4 is 5.32 Å². The molecule has 0 aromatic carbocycles. The maximum absolute atomic E-state index is 8.86.